The van der Waals surface area contributed by atoms with Gasteiger partial charge in [-0.05, 0) is 0 Å². The first-order valence-corrected chi connectivity index (χ1v) is 8.11. The van der Waals surface area contributed by atoms with Crippen LogP contribution in [0.3, 0.4) is 0 Å². The molecule has 24 heavy (non-hydrogen) atoms. The van der Waals surface area contributed by atoms with Crippen molar-refractivity contribution >= 4 is 25.7 Å². The summed E-state index contributed by atoms with van der Waals surface area (Å²) in [5.41, 5.74) is 0. The Balaban J connectivity index is 2.17. The number of amides is 3. The minimum atomic E-state index is -4.87. The SMILES string of the molecule is O=C1C[C@H](C(=O)O)N([C@@H]2O[C@H](COP(=O)(O)O)[C@@H](O)[C@H]2O)C(=O)N1. The lowest BCUT2D eigenvalue weighted by Gasteiger charge is -2.37. The number of hydrogen-bond acceptors (Lipinski definition) is 8. The van der Waals surface area contributed by atoms with Crippen LogP contribution in [0.15, 0.2) is 0 Å². The van der Waals surface area contributed by atoms with Crippen LogP contribution in [0.5, 0.6) is 0 Å². The van der Waals surface area contributed by atoms with E-state index >= 15 is 0 Å². The first-order valence-electron chi connectivity index (χ1n) is 6.58. The quantitative estimate of drug-likeness (QED) is 0.268. The van der Waals surface area contributed by atoms with Gasteiger partial charge in [0.1, 0.15) is 24.4 Å². The number of carbonyl (C=O) groups excluding carboxylic acids is 2. The summed E-state index contributed by atoms with van der Waals surface area (Å²) in [5.74, 6) is -2.36. The summed E-state index contributed by atoms with van der Waals surface area (Å²) in [5, 5.41) is 30.8. The molecule has 0 aliphatic carbocycles. The predicted molar refractivity (Wildman–Crippen MR) is 70.1 cm³/mol. The third-order valence-corrected chi connectivity index (χ3v) is 3.98. The number of aliphatic carboxylic acids is 1. The second-order valence-corrected chi connectivity index (χ2v) is 6.39. The number of ether oxygens (including phenoxy) is 1. The maximum absolute atomic E-state index is 11.9. The van der Waals surface area contributed by atoms with Crippen molar-refractivity contribution in [3.8, 4) is 0 Å². The molecule has 2 heterocycles. The first-order chi connectivity index (χ1) is 11.0. The van der Waals surface area contributed by atoms with Crippen LogP contribution < -0.4 is 5.32 Å². The van der Waals surface area contributed by atoms with E-state index in [9.17, 15) is 29.2 Å². The molecule has 0 radical (unpaired) electrons. The van der Waals surface area contributed by atoms with Crippen LogP contribution in [0, 0.1) is 0 Å². The van der Waals surface area contributed by atoms with E-state index in [1.165, 1.54) is 0 Å². The number of carboxylic acids is 1. The fraction of sp³-hybridized carbons (Fsp3) is 0.700. The number of urea groups is 1. The highest BCUT2D eigenvalue weighted by molar-refractivity contribution is 7.46. The zero-order chi connectivity index (χ0) is 18.2. The summed E-state index contributed by atoms with van der Waals surface area (Å²) in [6.07, 6.45) is -7.16. The van der Waals surface area contributed by atoms with E-state index in [-0.39, 0.29) is 0 Å². The summed E-state index contributed by atoms with van der Waals surface area (Å²) in [7, 11) is -4.87. The van der Waals surface area contributed by atoms with Gasteiger partial charge in [0.15, 0.2) is 6.23 Å². The Morgan fingerprint density at radius 2 is 1.96 bits per heavy atom. The number of carboxylic acid groups (broad SMARTS) is 1. The fourth-order valence-corrected chi connectivity index (χ4v) is 2.76. The van der Waals surface area contributed by atoms with Crippen molar-refractivity contribution < 1.29 is 53.3 Å². The maximum atomic E-state index is 11.9. The topological polar surface area (TPSA) is 203 Å². The van der Waals surface area contributed by atoms with Gasteiger partial charge in [-0.15, -0.1) is 0 Å². The monoisotopic (exact) mass is 370 g/mol. The first kappa shape index (κ1) is 18.7. The summed E-state index contributed by atoms with van der Waals surface area (Å²) in [6, 6.07) is -2.79. The normalized spacial score (nSPS) is 34.3. The van der Waals surface area contributed by atoms with Gasteiger partial charge in [-0.1, -0.05) is 0 Å². The van der Waals surface area contributed by atoms with Crippen LogP contribution in [0.4, 0.5) is 4.79 Å². The number of aliphatic hydroxyl groups is 2. The second-order valence-electron chi connectivity index (χ2n) is 5.15. The highest BCUT2D eigenvalue weighted by atomic mass is 31.2. The molecule has 2 rings (SSSR count). The van der Waals surface area contributed by atoms with Crippen LogP contribution in [0.2, 0.25) is 0 Å². The average molecular weight is 370 g/mol. The molecule has 0 saturated carbocycles. The largest absolute Gasteiger partial charge is 0.480 e. The zero-order valence-electron chi connectivity index (χ0n) is 11.9. The van der Waals surface area contributed by atoms with E-state index in [4.69, 9.17) is 19.6 Å². The molecule has 13 nitrogen and oxygen atoms in total. The number of hydrogen-bond donors (Lipinski definition) is 6. The van der Waals surface area contributed by atoms with Crippen molar-refractivity contribution in [2.45, 2.75) is 37.0 Å². The van der Waals surface area contributed by atoms with Crippen molar-refractivity contribution in [3.63, 3.8) is 0 Å². The molecule has 0 unspecified atom stereocenters. The molecule has 14 heteroatoms. The van der Waals surface area contributed by atoms with Crippen molar-refractivity contribution in [2.75, 3.05) is 6.61 Å². The number of carbonyl (C=O) groups is 3. The Morgan fingerprint density at radius 3 is 2.50 bits per heavy atom. The molecular formula is C10H15N2O11P. The van der Waals surface area contributed by atoms with Crippen LogP contribution in [0.1, 0.15) is 6.42 Å². The molecule has 0 aromatic rings. The van der Waals surface area contributed by atoms with Gasteiger partial charge in [-0.3, -0.25) is 19.5 Å². The van der Waals surface area contributed by atoms with Crippen molar-refractivity contribution in [3.05, 3.63) is 0 Å². The van der Waals surface area contributed by atoms with E-state index in [0.717, 1.165) is 0 Å². The molecule has 0 bridgehead atoms. The van der Waals surface area contributed by atoms with Crippen molar-refractivity contribution in [2.24, 2.45) is 0 Å². The molecule has 3 amide bonds. The third kappa shape index (κ3) is 3.89. The predicted octanol–water partition coefficient (Wildman–Crippen LogP) is -3.06. The van der Waals surface area contributed by atoms with E-state index in [0.29, 0.717) is 4.90 Å². The van der Waals surface area contributed by atoms with Gasteiger partial charge >= 0.3 is 19.8 Å². The van der Waals surface area contributed by atoms with Gasteiger partial charge in [0.05, 0.1) is 13.0 Å². The molecule has 5 atom stereocenters. The molecule has 6 N–H and O–H groups in total. The standard InChI is InChI=1S/C10H15N2O11P/c13-5-1-3(9(16)17)12(10(18)11-5)8-7(15)6(14)4(23-8)2-22-24(19,20)21/h3-4,6-8,14-15H,1-2H2,(H,16,17)(H,11,13,18)(H2,19,20,21)/t3-,4-,6-,7-,8-/m1/s1. The smallest absolute Gasteiger partial charge is 0.469 e. The Morgan fingerprint density at radius 1 is 1.33 bits per heavy atom. The number of imide groups is 1. The lowest BCUT2D eigenvalue weighted by Crippen LogP contribution is -2.63. The molecule has 0 aromatic heterocycles. The highest BCUT2D eigenvalue weighted by Gasteiger charge is 2.52. The van der Waals surface area contributed by atoms with Crippen LogP contribution in [-0.4, -0.2) is 85.1 Å². The van der Waals surface area contributed by atoms with Gasteiger partial charge in [0.2, 0.25) is 5.91 Å². The fourth-order valence-electron chi connectivity index (χ4n) is 2.42. The molecule has 0 aromatic carbocycles. The van der Waals surface area contributed by atoms with Crippen molar-refractivity contribution in [1.29, 1.82) is 0 Å². The molecule has 2 aliphatic rings. The van der Waals surface area contributed by atoms with Crippen LogP contribution in [-0.2, 0) is 23.4 Å². The Kier molecular flexibility index (Phi) is 5.25. The Hall–Kier alpha value is -1.60. The number of nitrogens with one attached hydrogen (secondary N) is 1. The number of phosphoric ester groups is 1. The maximum Gasteiger partial charge on any atom is 0.469 e. The molecule has 2 saturated heterocycles. The Labute approximate surface area is 134 Å². The molecule has 136 valence electrons. The minimum Gasteiger partial charge on any atom is -0.480 e. The summed E-state index contributed by atoms with van der Waals surface area (Å²) < 4.78 is 20.0. The lowest BCUT2D eigenvalue weighted by molar-refractivity contribution is -0.155. The van der Waals surface area contributed by atoms with Crippen LogP contribution >= 0.6 is 7.82 Å². The van der Waals surface area contributed by atoms with Gasteiger partial charge in [-0.25, -0.2) is 14.2 Å². The van der Waals surface area contributed by atoms with E-state index < -0.39 is 69.3 Å². The number of phosphoric acid groups is 1. The third-order valence-electron chi connectivity index (χ3n) is 3.50. The van der Waals surface area contributed by atoms with Gasteiger partial charge in [-0.2, -0.15) is 0 Å². The van der Waals surface area contributed by atoms with Gasteiger partial charge in [0, 0.05) is 0 Å². The highest BCUT2D eigenvalue weighted by Crippen LogP contribution is 2.37. The number of nitrogens with zero attached hydrogens (tertiary/aromatic N) is 1. The number of rotatable bonds is 5. The molecule has 0 spiro atoms. The van der Waals surface area contributed by atoms with E-state index in [1.54, 1.807) is 0 Å². The Bertz CT molecular complexity index is 591. The van der Waals surface area contributed by atoms with Gasteiger partial charge < -0.3 is 29.8 Å². The summed E-state index contributed by atoms with van der Waals surface area (Å²) in [4.78, 5) is 52.2. The average Bonchev–Trinajstić information content (AvgIpc) is 2.71. The van der Waals surface area contributed by atoms with Gasteiger partial charge in [0.25, 0.3) is 0 Å². The van der Waals surface area contributed by atoms with Crippen LogP contribution in [0.25, 0.3) is 0 Å². The van der Waals surface area contributed by atoms with Crippen molar-refractivity contribution in [1.82, 2.24) is 10.2 Å². The zero-order valence-corrected chi connectivity index (χ0v) is 12.8. The molecule has 2 aliphatic heterocycles. The minimum absolute atomic E-state index is 0.537. The summed E-state index contributed by atoms with van der Waals surface area (Å²) >= 11 is 0. The molecule has 2 fully saturated rings. The second kappa shape index (κ2) is 6.72. The molecular weight excluding hydrogens is 355 g/mol. The lowest BCUT2D eigenvalue weighted by atomic mass is 10.1. The van der Waals surface area contributed by atoms with E-state index in [2.05, 4.69) is 4.52 Å². The summed E-state index contributed by atoms with van der Waals surface area (Å²) in [6.45, 7) is -0.814. The van der Waals surface area contributed by atoms with E-state index in [1.807, 2.05) is 5.32 Å². The number of aliphatic hydroxyl groups excluding tert-OH is 2.